The number of ether oxygens (including phenoxy) is 2. The molecule has 0 saturated carbocycles. The van der Waals surface area contributed by atoms with E-state index >= 15 is 0 Å². The smallest absolute Gasteiger partial charge is 0.119 e. The molecule has 2 N–H and O–H groups in total. The van der Waals surface area contributed by atoms with Gasteiger partial charge in [0, 0.05) is 11.9 Å². The molecule has 5 heteroatoms. The summed E-state index contributed by atoms with van der Waals surface area (Å²) in [6.45, 7) is 5.82. The number of nitrogens with two attached hydrogens (primary N) is 1. The van der Waals surface area contributed by atoms with E-state index in [2.05, 4.69) is 5.32 Å². The summed E-state index contributed by atoms with van der Waals surface area (Å²) in [5, 5.41) is 15.1. The van der Waals surface area contributed by atoms with Crippen molar-refractivity contribution in [2.24, 2.45) is 0 Å². The second kappa shape index (κ2) is 8.50. The first kappa shape index (κ1) is 17.2. The van der Waals surface area contributed by atoms with E-state index in [0.29, 0.717) is 0 Å². The summed E-state index contributed by atoms with van der Waals surface area (Å²) >= 11 is 0. The van der Waals surface area contributed by atoms with Gasteiger partial charge in [-0.2, -0.15) is 0 Å². The lowest BCUT2D eigenvalue weighted by molar-refractivity contribution is -0.670. The van der Waals surface area contributed by atoms with E-state index in [1.54, 1.807) is 14.0 Å². The lowest BCUT2D eigenvalue weighted by Crippen LogP contribution is -2.87. The molecular formula is C18H23NO4. The number of carboxylic acids is 1. The predicted octanol–water partition coefficient (Wildman–Crippen LogP) is 0.282. The summed E-state index contributed by atoms with van der Waals surface area (Å²) in [6, 6.07) is 11.3. The van der Waals surface area contributed by atoms with Crippen LogP contribution in [-0.4, -0.2) is 39.4 Å². The summed E-state index contributed by atoms with van der Waals surface area (Å²) in [5.74, 6) is -0.863. The fraction of sp³-hybridized carbons (Fsp3) is 0.389. The predicted molar refractivity (Wildman–Crippen MR) is 86.4 cm³/mol. The minimum absolute atomic E-state index is 0.596. The van der Waals surface area contributed by atoms with Crippen molar-refractivity contribution in [2.45, 2.75) is 12.8 Å². The van der Waals surface area contributed by atoms with E-state index in [-0.39, 0.29) is 0 Å². The number of carbonyl (C=O) groups excluding carboxylic acids is 1. The van der Waals surface area contributed by atoms with Crippen LogP contribution in [0.1, 0.15) is 18.4 Å². The second-order valence-electron chi connectivity index (χ2n) is 5.49. The number of hydrogen-bond donors (Lipinski definition) is 1. The number of carboxylic acid groups (broad SMARTS) is 1. The quantitative estimate of drug-likeness (QED) is 0.882. The Morgan fingerprint density at radius 2 is 1.83 bits per heavy atom. The second-order valence-corrected chi connectivity index (χ2v) is 5.49. The van der Waals surface area contributed by atoms with Crippen molar-refractivity contribution in [2.75, 3.05) is 33.4 Å². The molecule has 23 heavy (non-hydrogen) atoms. The standard InChI is InChI=1S/C14H14O3.C4H9NO/c1-9(14(15)16)10-3-4-12-8-13(17-2)6-5-11(12)7-10;1-3-6-4-2-5-1/h3-9H,1-2H3,(H,15,16);5H,1-4H2. The van der Waals surface area contributed by atoms with Crippen LogP contribution in [0, 0.1) is 0 Å². The van der Waals surface area contributed by atoms with E-state index in [1.807, 2.05) is 36.4 Å². The lowest BCUT2D eigenvalue weighted by Gasteiger charge is -2.13. The molecule has 0 spiro atoms. The monoisotopic (exact) mass is 317 g/mol. The van der Waals surface area contributed by atoms with Gasteiger partial charge in [-0.25, -0.2) is 0 Å². The molecule has 0 aromatic heterocycles. The third-order valence-electron chi connectivity index (χ3n) is 3.86. The zero-order chi connectivity index (χ0) is 16.7. The lowest BCUT2D eigenvalue weighted by atomic mass is 9.98. The minimum atomic E-state index is -1.06. The van der Waals surface area contributed by atoms with Gasteiger partial charge in [0.15, 0.2) is 0 Å². The van der Waals surface area contributed by atoms with Crippen LogP contribution in [0.3, 0.4) is 0 Å². The van der Waals surface area contributed by atoms with Crippen LogP contribution < -0.4 is 15.2 Å². The van der Waals surface area contributed by atoms with Gasteiger partial charge in [0.1, 0.15) is 5.75 Å². The molecular weight excluding hydrogens is 294 g/mol. The normalized spacial score (nSPS) is 15.4. The molecule has 2 aromatic rings. The highest BCUT2D eigenvalue weighted by Gasteiger charge is 2.07. The molecule has 1 aliphatic rings. The van der Waals surface area contributed by atoms with Crippen molar-refractivity contribution in [3.8, 4) is 5.75 Å². The van der Waals surface area contributed by atoms with Gasteiger partial charge in [-0.15, -0.1) is 0 Å². The minimum Gasteiger partial charge on any atom is -0.550 e. The molecule has 124 valence electrons. The molecule has 2 aromatic carbocycles. The molecule has 0 aliphatic carbocycles. The molecule has 1 atom stereocenters. The Balaban J connectivity index is 0.000000268. The number of fused-ring (bicyclic) bond motifs is 1. The largest absolute Gasteiger partial charge is 0.550 e. The molecule has 1 fully saturated rings. The van der Waals surface area contributed by atoms with Crippen LogP contribution in [-0.2, 0) is 9.53 Å². The average Bonchev–Trinajstić information content (AvgIpc) is 2.62. The van der Waals surface area contributed by atoms with Gasteiger partial charge >= 0.3 is 0 Å². The first-order valence-electron chi connectivity index (χ1n) is 7.80. The summed E-state index contributed by atoms with van der Waals surface area (Å²) in [4.78, 5) is 10.8. The van der Waals surface area contributed by atoms with E-state index in [4.69, 9.17) is 9.47 Å². The van der Waals surface area contributed by atoms with Gasteiger partial charge < -0.3 is 24.7 Å². The number of aliphatic carboxylic acids is 1. The van der Waals surface area contributed by atoms with Gasteiger partial charge in [-0.3, -0.25) is 0 Å². The van der Waals surface area contributed by atoms with Gasteiger partial charge in [-0.05, 0) is 28.5 Å². The van der Waals surface area contributed by atoms with Crippen LogP contribution >= 0.6 is 0 Å². The van der Waals surface area contributed by atoms with Crippen molar-refractivity contribution in [3.63, 3.8) is 0 Å². The maximum absolute atomic E-state index is 10.8. The fourth-order valence-corrected chi connectivity index (χ4v) is 2.35. The summed E-state index contributed by atoms with van der Waals surface area (Å²) in [7, 11) is 1.62. The Morgan fingerprint density at radius 3 is 2.35 bits per heavy atom. The van der Waals surface area contributed by atoms with Crippen LogP contribution in [0.4, 0.5) is 0 Å². The maximum atomic E-state index is 10.8. The maximum Gasteiger partial charge on any atom is 0.119 e. The highest BCUT2D eigenvalue weighted by molar-refractivity contribution is 5.86. The third kappa shape index (κ3) is 4.94. The molecule has 0 radical (unpaired) electrons. The molecule has 3 rings (SSSR count). The van der Waals surface area contributed by atoms with Crippen LogP contribution in [0.2, 0.25) is 0 Å². The average molecular weight is 317 g/mol. The number of benzene rings is 2. The highest BCUT2D eigenvalue weighted by Crippen LogP contribution is 2.24. The van der Waals surface area contributed by atoms with Crippen molar-refractivity contribution >= 4 is 16.7 Å². The van der Waals surface area contributed by atoms with Crippen LogP contribution in [0.25, 0.3) is 10.8 Å². The first-order chi connectivity index (χ1) is 11.1. The third-order valence-corrected chi connectivity index (χ3v) is 3.86. The van der Waals surface area contributed by atoms with Crippen LogP contribution in [0.5, 0.6) is 5.75 Å². The number of carbonyl (C=O) groups is 1. The molecule has 1 saturated heterocycles. The zero-order valence-corrected chi connectivity index (χ0v) is 13.6. The van der Waals surface area contributed by atoms with Crippen molar-refractivity contribution < 1.29 is 24.7 Å². The van der Waals surface area contributed by atoms with E-state index in [0.717, 1.165) is 48.4 Å². The van der Waals surface area contributed by atoms with Crippen molar-refractivity contribution in [3.05, 3.63) is 42.0 Å². The Hall–Kier alpha value is -2.11. The number of morpholine rings is 1. The fourth-order valence-electron chi connectivity index (χ4n) is 2.35. The van der Waals surface area contributed by atoms with Gasteiger partial charge in [0.2, 0.25) is 0 Å². The van der Waals surface area contributed by atoms with Crippen LogP contribution in [0.15, 0.2) is 36.4 Å². The Morgan fingerprint density at radius 1 is 1.17 bits per heavy atom. The zero-order valence-electron chi connectivity index (χ0n) is 13.6. The number of rotatable bonds is 3. The highest BCUT2D eigenvalue weighted by atomic mass is 16.5. The number of quaternary nitrogens is 1. The first-order valence-corrected chi connectivity index (χ1v) is 7.80. The van der Waals surface area contributed by atoms with E-state index < -0.39 is 11.9 Å². The SMILES string of the molecule is C1COCC[NH2+]1.COc1ccc2cc(C(C)C(=O)[O-])ccc2c1. The van der Waals surface area contributed by atoms with Crippen molar-refractivity contribution in [1.82, 2.24) is 0 Å². The molecule has 5 nitrogen and oxygen atoms in total. The van der Waals surface area contributed by atoms with Gasteiger partial charge in [0.25, 0.3) is 0 Å². The topological polar surface area (TPSA) is 75.2 Å². The summed E-state index contributed by atoms with van der Waals surface area (Å²) in [5.41, 5.74) is 0.752. The molecule has 0 bridgehead atoms. The molecule has 1 heterocycles. The molecule has 0 amide bonds. The Bertz CT molecular complexity index is 641. The Labute approximate surface area is 136 Å². The van der Waals surface area contributed by atoms with E-state index in [9.17, 15) is 9.90 Å². The van der Waals surface area contributed by atoms with Gasteiger partial charge in [0.05, 0.1) is 33.4 Å². The van der Waals surface area contributed by atoms with Gasteiger partial charge in [-0.1, -0.05) is 31.2 Å². The number of hydrogen-bond acceptors (Lipinski definition) is 4. The molecule has 1 aliphatic heterocycles. The number of methoxy groups -OCH3 is 1. The molecule has 1 unspecified atom stereocenters. The van der Waals surface area contributed by atoms with E-state index in [1.165, 1.54) is 0 Å². The summed E-state index contributed by atoms with van der Waals surface area (Å²) < 4.78 is 10.2. The van der Waals surface area contributed by atoms with Crippen molar-refractivity contribution in [1.29, 1.82) is 0 Å². The Kier molecular flexibility index (Phi) is 6.38. The summed E-state index contributed by atoms with van der Waals surface area (Å²) in [6.07, 6.45) is 0.